The van der Waals surface area contributed by atoms with Crippen molar-refractivity contribution in [3.63, 3.8) is 0 Å². The van der Waals surface area contributed by atoms with Crippen LogP contribution in [0.3, 0.4) is 0 Å². The van der Waals surface area contributed by atoms with E-state index in [9.17, 15) is 18.4 Å². The van der Waals surface area contributed by atoms with Gasteiger partial charge in [-0.3, -0.25) is 9.59 Å². The van der Waals surface area contributed by atoms with Gasteiger partial charge in [-0.15, -0.1) is 5.10 Å². The first-order chi connectivity index (χ1) is 16.4. The van der Waals surface area contributed by atoms with Crippen molar-refractivity contribution in [2.45, 2.75) is 38.8 Å². The summed E-state index contributed by atoms with van der Waals surface area (Å²) in [5.74, 6) is -0.608. The summed E-state index contributed by atoms with van der Waals surface area (Å²) in [4.78, 5) is 28.0. The molecule has 1 aliphatic rings. The summed E-state index contributed by atoms with van der Waals surface area (Å²) in [7, 11) is 0. The quantitative estimate of drug-likeness (QED) is 0.548. The summed E-state index contributed by atoms with van der Waals surface area (Å²) < 4.78 is 30.5. The standard InChI is InChI=1S/C24H25F2N5O3/c1-16-21(28-29-31(16)18-9-11-19(12-10-18)34-24(25)26)22(32)27-20(15-17-7-3-2-4-8-17)23(33)30-13-5-6-14-30/h2-4,7-12,20,24H,5-6,13-15H2,1H3,(H,27,32). The van der Waals surface area contributed by atoms with Crippen molar-refractivity contribution in [2.24, 2.45) is 0 Å². The molecule has 1 fully saturated rings. The molecule has 10 heteroatoms. The van der Waals surface area contributed by atoms with Crippen molar-refractivity contribution in [3.8, 4) is 11.4 Å². The van der Waals surface area contributed by atoms with Crippen LogP contribution in [-0.4, -0.2) is 57.5 Å². The van der Waals surface area contributed by atoms with E-state index >= 15 is 0 Å². The molecule has 1 aromatic heterocycles. The number of halogens is 2. The van der Waals surface area contributed by atoms with E-state index in [1.54, 1.807) is 11.8 Å². The Morgan fingerprint density at radius 3 is 2.38 bits per heavy atom. The van der Waals surface area contributed by atoms with Crippen LogP contribution in [0.1, 0.15) is 34.6 Å². The SMILES string of the molecule is Cc1c(C(=O)NC(Cc2ccccc2)C(=O)N2CCCC2)nnn1-c1ccc(OC(F)F)cc1. The number of carbonyl (C=O) groups is 2. The summed E-state index contributed by atoms with van der Waals surface area (Å²) in [6.45, 7) is 0.120. The molecule has 1 unspecified atom stereocenters. The fourth-order valence-electron chi connectivity index (χ4n) is 3.99. The number of carbonyl (C=O) groups excluding carboxylic acids is 2. The Labute approximate surface area is 195 Å². The Kier molecular flexibility index (Phi) is 7.15. The Balaban J connectivity index is 1.52. The molecule has 0 spiro atoms. The minimum atomic E-state index is -2.92. The van der Waals surface area contributed by atoms with Crippen LogP contribution in [0.4, 0.5) is 8.78 Å². The molecule has 1 aliphatic heterocycles. The third kappa shape index (κ3) is 5.38. The normalized spacial score (nSPS) is 14.3. The monoisotopic (exact) mass is 469 g/mol. The number of aromatic nitrogens is 3. The smallest absolute Gasteiger partial charge is 0.387 e. The molecule has 1 N–H and O–H groups in total. The number of nitrogens with one attached hydrogen (secondary N) is 1. The van der Waals surface area contributed by atoms with E-state index in [-0.39, 0.29) is 17.4 Å². The fraction of sp³-hybridized carbons (Fsp3) is 0.333. The molecule has 2 amide bonds. The van der Waals surface area contributed by atoms with Gasteiger partial charge < -0.3 is 15.0 Å². The molecule has 2 aromatic carbocycles. The average Bonchev–Trinajstić information content (AvgIpc) is 3.49. The van der Waals surface area contributed by atoms with Crippen LogP contribution in [0.2, 0.25) is 0 Å². The lowest BCUT2D eigenvalue weighted by Crippen LogP contribution is -2.49. The molecule has 4 rings (SSSR count). The summed E-state index contributed by atoms with van der Waals surface area (Å²) in [6, 6.07) is 14.6. The van der Waals surface area contributed by atoms with Crippen LogP contribution in [0, 0.1) is 6.92 Å². The molecule has 0 bridgehead atoms. The second-order valence-electron chi connectivity index (χ2n) is 8.06. The van der Waals surface area contributed by atoms with Crippen LogP contribution in [0.25, 0.3) is 5.69 Å². The molecule has 1 atom stereocenters. The van der Waals surface area contributed by atoms with E-state index in [1.807, 2.05) is 30.3 Å². The number of likely N-dealkylation sites (tertiary alicyclic amines) is 1. The number of benzene rings is 2. The summed E-state index contributed by atoms with van der Waals surface area (Å²) in [5.41, 5.74) is 2.00. The molecule has 178 valence electrons. The van der Waals surface area contributed by atoms with E-state index in [4.69, 9.17) is 0 Å². The number of hydrogen-bond donors (Lipinski definition) is 1. The maximum Gasteiger partial charge on any atom is 0.387 e. The number of ether oxygens (including phenoxy) is 1. The number of amides is 2. The third-order valence-electron chi connectivity index (χ3n) is 5.72. The first-order valence-electron chi connectivity index (χ1n) is 11.0. The molecular formula is C24H25F2N5O3. The van der Waals surface area contributed by atoms with Gasteiger partial charge in [0.2, 0.25) is 5.91 Å². The topological polar surface area (TPSA) is 89.4 Å². The zero-order valence-corrected chi connectivity index (χ0v) is 18.7. The van der Waals surface area contributed by atoms with Gasteiger partial charge in [-0.25, -0.2) is 4.68 Å². The molecule has 34 heavy (non-hydrogen) atoms. The average molecular weight is 469 g/mol. The highest BCUT2D eigenvalue weighted by molar-refractivity contribution is 5.97. The highest BCUT2D eigenvalue weighted by Crippen LogP contribution is 2.19. The Hall–Kier alpha value is -3.82. The summed E-state index contributed by atoms with van der Waals surface area (Å²) in [5, 5.41) is 10.9. The molecule has 0 saturated carbocycles. The van der Waals surface area contributed by atoms with Crippen molar-refractivity contribution >= 4 is 11.8 Å². The molecule has 3 aromatic rings. The second kappa shape index (κ2) is 10.4. The lowest BCUT2D eigenvalue weighted by molar-refractivity contribution is -0.132. The lowest BCUT2D eigenvalue weighted by Gasteiger charge is -2.24. The van der Waals surface area contributed by atoms with Crippen LogP contribution < -0.4 is 10.1 Å². The van der Waals surface area contributed by atoms with E-state index < -0.39 is 18.6 Å². The lowest BCUT2D eigenvalue weighted by atomic mass is 10.0. The van der Waals surface area contributed by atoms with Crippen molar-refractivity contribution in [1.82, 2.24) is 25.2 Å². The van der Waals surface area contributed by atoms with Crippen molar-refractivity contribution in [1.29, 1.82) is 0 Å². The number of nitrogens with zero attached hydrogens (tertiary/aromatic N) is 4. The zero-order valence-electron chi connectivity index (χ0n) is 18.7. The predicted molar refractivity (Wildman–Crippen MR) is 120 cm³/mol. The number of hydrogen-bond acceptors (Lipinski definition) is 5. The summed E-state index contributed by atoms with van der Waals surface area (Å²) >= 11 is 0. The number of alkyl halides is 2. The van der Waals surface area contributed by atoms with Gasteiger partial charge in [-0.1, -0.05) is 35.5 Å². The van der Waals surface area contributed by atoms with E-state index in [2.05, 4.69) is 20.4 Å². The first-order valence-corrected chi connectivity index (χ1v) is 11.0. The number of rotatable bonds is 8. The van der Waals surface area contributed by atoms with Crippen molar-refractivity contribution in [3.05, 3.63) is 71.5 Å². The van der Waals surface area contributed by atoms with Crippen molar-refractivity contribution < 1.29 is 23.1 Å². The summed E-state index contributed by atoms with van der Waals surface area (Å²) in [6.07, 6.45) is 2.26. The van der Waals surface area contributed by atoms with Crippen LogP contribution in [0.5, 0.6) is 5.75 Å². The molecular weight excluding hydrogens is 444 g/mol. The Bertz CT molecular complexity index is 1130. The van der Waals surface area contributed by atoms with Gasteiger partial charge in [0.1, 0.15) is 11.8 Å². The van der Waals surface area contributed by atoms with Gasteiger partial charge in [-0.2, -0.15) is 8.78 Å². The Morgan fingerprint density at radius 2 is 1.74 bits per heavy atom. The van der Waals surface area contributed by atoms with E-state index in [1.165, 1.54) is 28.9 Å². The molecule has 1 saturated heterocycles. The molecule has 0 radical (unpaired) electrons. The van der Waals surface area contributed by atoms with E-state index in [0.717, 1.165) is 18.4 Å². The first kappa shape index (κ1) is 23.3. The Morgan fingerprint density at radius 1 is 1.06 bits per heavy atom. The van der Waals surface area contributed by atoms with Gasteiger partial charge in [0.15, 0.2) is 5.69 Å². The van der Waals surface area contributed by atoms with Crippen LogP contribution >= 0.6 is 0 Å². The maximum absolute atomic E-state index is 13.1. The zero-order chi connectivity index (χ0) is 24.1. The van der Waals surface area contributed by atoms with Gasteiger partial charge in [-0.05, 0) is 49.6 Å². The molecule has 2 heterocycles. The van der Waals surface area contributed by atoms with Gasteiger partial charge in [0.25, 0.3) is 5.91 Å². The van der Waals surface area contributed by atoms with Crippen LogP contribution in [0.15, 0.2) is 54.6 Å². The fourth-order valence-corrected chi connectivity index (χ4v) is 3.99. The van der Waals surface area contributed by atoms with Crippen LogP contribution in [-0.2, 0) is 11.2 Å². The minimum absolute atomic E-state index is 0.0127. The highest BCUT2D eigenvalue weighted by Gasteiger charge is 2.30. The second-order valence-corrected chi connectivity index (χ2v) is 8.06. The third-order valence-corrected chi connectivity index (χ3v) is 5.72. The molecule has 8 nitrogen and oxygen atoms in total. The minimum Gasteiger partial charge on any atom is -0.435 e. The van der Waals surface area contributed by atoms with Crippen molar-refractivity contribution in [2.75, 3.05) is 13.1 Å². The van der Waals surface area contributed by atoms with Gasteiger partial charge >= 0.3 is 6.61 Å². The molecule has 0 aliphatic carbocycles. The maximum atomic E-state index is 13.1. The van der Waals surface area contributed by atoms with Gasteiger partial charge in [0, 0.05) is 19.5 Å². The predicted octanol–water partition coefficient (Wildman–Crippen LogP) is 3.14. The van der Waals surface area contributed by atoms with E-state index in [0.29, 0.717) is 30.9 Å². The highest BCUT2D eigenvalue weighted by atomic mass is 19.3. The largest absolute Gasteiger partial charge is 0.435 e. The van der Waals surface area contributed by atoms with Gasteiger partial charge in [0.05, 0.1) is 11.4 Å².